The molecule has 0 spiro atoms. The molecule has 1 aromatic heterocycles. The molecular formula is C15H21N3O. The third-order valence-corrected chi connectivity index (χ3v) is 3.07. The Bertz CT molecular complexity index is 546. The first-order chi connectivity index (χ1) is 9.10. The summed E-state index contributed by atoms with van der Waals surface area (Å²) in [6.07, 6.45) is 4.55. The van der Waals surface area contributed by atoms with Crippen LogP contribution in [0.15, 0.2) is 30.6 Å². The topological polar surface area (TPSA) is 53.1 Å². The zero-order valence-corrected chi connectivity index (χ0v) is 11.8. The van der Waals surface area contributed by atoms with Gasteiger partial charge in [0.05, 0.1) is 12.4 Å². The second kappa shape index (κ2) is 5.89. The van der Waals surface area contributed by atoms with Crippen molar-refractivity contribution in [2.75, 3.05) is 6.54 Å². The molecule has 0 amide bonds. The molecule has 1 aromatic carbocycles. The summed E-state index contributed by atoms with van der Waals surface area (Å²) in [6, 6.07) is 6.43. The van der Waals surface area contributed by atoms with E-state index in [2.05, 4.69) is 31.9 Å². The van der Waals surface area contributed by atoms with Gasteiger partial charge in [0.25, 0.3) is 0 Å². The minimum atomic E-state index is 0.339. The lowest BCUT2D eigenvalue weighted by atomic mass is 10.1. The molecule has 0 fully saturated rings. The minimum absolute atomic E-state index is 0.339. The molecule has 1 heterocycles. The number of nitrogens with two attached hydrogens (primary N) is 1. The van der Waals surface area contributed by atoms with Crippen LogP contribution in [0.3, 0.4) is 0 Å². The Morgan fingerprint density at radius 2 is 2.11 bits per heavy atom. The lowest BCUT2D eigenvalue weighted by Crippen LogP contribution is -2.04. The number of rotatable bonds is 5. The van der Waals surface area contributed by atoms with Gasteiger partial charge in [-0.2, -0.15) is 5.10 Å². The zero-order chi connectivity index (χ0) is 13.8. The molecule has 0 saturated heterocycles. The van der Waals surface area contributed by atoms with Gasteiger partial charge in [-0.3, -0.25) is 4.68 Å². The summed E-state index contributed by atoms with van der Waals surface area (Å²) in [7, 11) is 0. The second-order valence-electron chi connectivity index (χ2n) is 4.98. The van der Waals surface area contributed by atoms with Gasteiger partial charge in [0, 0.05) is 6.04 Å². The first-order valence-corrected chi connectivity index (χ1v) is 6.61. The van der Waals surface area contributed by atoms with E-state index in [1.807, 2.05) is 23.0 Å². The molecule has 2 rings (SSSR count). The maximum Gasteiger partial charge on any atom is 0.165 e. The highest BCUT2D eigenvalue weighted by Gasteiger charge is 2.05. The second-order valence-corrected chi connectivity index (χ2v) is 4.98. The van der Waals surface area contributed by atoms with Gasteiger partial charge >= 0.3 is 0 Å². The minimum Gasteiger partial charge on any atom is -0.454 e. The van der Waals surface area contributed by atoms with Crippen LogP contribution in [-0.4, -0.2) is 16.3 Å². The highest BCUT2D eigenvalue weighted by molar-refractivity contribution is 5.37. The van der Waals surface area contributed by atoms with E-state index < -0.39 is 0 Å². The fourth-order valence-corrected chi connectivity index (χ4v) is 1.96. The Morgan fingerprint density at radius 3 is 2.68 bits per heavy atom. The van der Waals surface area contributed by atoms with Gasteiger partial charge in [-0.1, -0.05) is 6.07 Å². The van der Waals surface area contributed by atoms with E-state index in [1.165, 1.54) is 11.1 Å². The molecular weight excluding hydrogens is 238 g/mol. The standard InChI is InChI=1S/C15H21N3O/c1-11(2)18-10-15(9-17-18)19-14-5-4-13(6-7-16)12(3)8-14/h4-5,8-11H,6-7,16H2,1-3H3. The molecule has 4 nitrogen and oxygen atoms in total. The van der Waals surface area contributed by atoms with Crippen LogP contribution in [0.1, 0.15) is 31.0 Å². The molecule has 2 aromatic rings. The fraction of sp³-hybridized carbons (Fsp3) is 0.400. The highest BCUT2D eigenvalue weighted by atomic mass is 16.5. The Hall–Kier alpha value is -1.81. The van der Waals surface area contributed by atoms with E-state index in [0.29, 0.717) is 12.6 Å². The van der Waals surface area contributed by atoms with Crippen molar-refractivity contribution in [2.24, 2.45) is 5.73 Å². The number of hydrogen-bond acceptors (Lipinski definition) is 3. The number of aromatic nitrogens is 2. The van der Waals surface area contributed by atoms with Crippen LogP contribution in [0.5, 0.6) is 11.5 Å². The van der Waals surface area contributed by atoms with Crippen molar-refractivity contribution in [3.8, 4) is 11.5 Å². The summed E-state index contributed by atoms with van der Waals surface area (Å²) >= 11 is 0. The van der Waals surface area contributed by atoms with Crippen molar-refractivity contribution >= 4 is 0 Å². The predicted octanol–water partition coefficient (Wildman–Crippen LogP) is 3.07. The maximum atomic E-state index is 5.81. The molecule has 102 valence electrons. The number of aryl methyl sites for hydroxylation is 1. The van der Waals surface area contributed by atoms with Gasteiger partial charge in [0.2, 0.25) is 0 Å². The summed E-state index contributed by atoms with van der Waals surface area (Å²) in [4.78, 5) is 0. The van der Waals surface area contributed by atoms with Crippen molar-refractivity contribution in [3.63, 3.8) is 0 Å². The van der Waals surface area contributed by atoms with Gasteiger partial charge in [0.15, 0.2) is 5.75 Å². The van der Waals surface area contributed by atoms with Crippen molar-refractivity contribution in [1.82, 2.24) is 9.78 Å². The summed E-state index contributed by atoms with van der Waals surface area (Å²) < 4.78 is 7.69. The van der Waals surface area contributed by atoms with Crippen LogP contribution >= 0.6 is 0 Å². The third-order valence-electron chi connectivity index (χ3n) is 3.07. The maximum absolute atomic E-state index is 5.81. The van der Waals surface area contributed by atoms with Gasteiger partial charge in [-0.25, -0.2) is 0 Å². The molecule has 0 bridgehead atoms. The number of benzene rings is 1. The number of hydrogen-bond donors (Lipinski definition) is 1. The quantitative estimate of drug-likeness (QED) is 0.897. The van der Waals surface area contributed by atoms with Crippen LogP contribution in [0, 0.1) is 6.92 Å². The molecule has 0 saturated carbocycles. The SMILES string of the molecule is Cc1cc(Oc2cnn(C(C)C)c2)ccc1CCN. The lowest BCUT2D eigenvalue weighted by molar-refractivity contribution is 0.476. The molecule has 0 atom stereocenters. The van der Waals surface area contributed by atoms with E-state index in [4.69, 9.17) is 10.5 Å². The Morgan fingerprint density at radius 1 is 1.32 bits per heavy atom. The number of nitrogens with zero attached hydrogens (tertiary/aromatic N) is 2. The monoisotopic (exact) mass is 259 g/mol. The molecule has 2 N–H and O–H groups in total. The Kier molecular flexibility index (Phi) is 4.22. The van der Waals surface area contributed by atoms with Crippen LogP contribution in [0.25, 0.3) is 0 Å². The normalized spacial score (nSPS) is 11.0. The molecule has 0 unspecified atom stereocenters. The zero-order valence-electron chi connectivity index (χ0n) is 11.8. The third kappa shape index (κ3) is 3.35. The fourth-order valence-electron chi connectivity index (χ4n) is 1.96. The van der Waals surface area contributed by atoms with Gasteiger partial charge in [0.1, 0.15) is 5.75 Å². The molecule has 0 radical (unpaired) electrons. The van der Waals surface area contributed by atoms with Gasteiger partial charge in [-0.15, -0.1) is 0 Å². The largest absolute Gasteiger partial charge is 0.454 e. The Labute approximate surface area is 114 Å². The lowest BCUT2D eigenvalue weighted by Gasteiger charge is -2.08. The summed E-state index contributed by atoms with van der Waals surface area (Å²) in [6.45, 7) is 6.92. The predicted molar refractivity (Wildman–Crippen MR) is 76.6 cm³/mol. The summed E-state index contributed by atoms with van der Waals surface area (Å²) in [5.41, 5.74) is 8.06. The van der Waals surface area contributed by atoms with Crippen LogP contribution in [0.4, 0.5) is 0 Å². The van der Waals surface area contributed by atoms with E-state index in [9.17, 15) is 0 Å². The molecule has 0 aliphatic rings. The number of ether oxygens (including phenoxy) is 1. The molecule has 0 aliphatic heterocycles. The van der Waals surface area contributed by atoms with Gasteiger partial charge in [-0.05, 0) is 57.0 Å². The van der Waals surface area contributed by atoms with Crippen LogP contribution < -0.4 is 10.5 Å². The van der Waals surface area contributed by atoms with E-state index in [1.54, 1.807) is 6.20 Å². The van der Waals surface area contributed by atoms with Crippen LogP contribution in [0.2, 0.25) is 0 Å². The molecule has 19 heavy (non-hydrogen) atoms. The van der Waals surface area contributed by atoms with Crippen LogP contribution in [-0.2, 0) is 6.42 Å². The average molecular weight is 259 g/mol. The van der Waals surface area contributed by atoms with Crippen molar-refractivity contribution in [3.05, 3.63) is 41.7 Å². The van der Waals surface area contributed by atoms with Gasteiger partial charge < -0.3 is 10.5 Å². The summed E-state index contributed by atoms with van der Waals surface area (Å²) in [5, 5.41) is 4.26. The first kappa shape index (κ1) is 13.6. The smallest absolute Gasteiger partial charge is 0.165 e. The first-order valence-electron chi connectivity index (χ1n) is 6.61. The highest BCUT2D eigenvalue weighted by Crippen LogP contribution is 2.24. The van der Waals surface area contributed by atoms with Crippen molar-refractivity contribution < 1.29 is 4.74 Å². The average Bonchev–Trinajstić information content (AvgIpc) is 2.81. The molecule has 0 aliphatic carbocycles. The van der Waals surface area contributed by atoms with E-state index >= 15 is 0 Å². The van der Waals surface area contributed by atoms with E-state index in [0.717, 1.165) is 17.9 Å². The van der Waals surface area contributed by atoms with Crippen molar-refractivity contribution in [2.45, 2.75) is 33.2 Å². The van der Waals surface area contributed by atoms with E-state index in [-0.39, 0.29) is 0 Å². The molecule has 4 heteroatoms. The summed E-state index contributed by atoms with van der Waals surface area (Å²) in [5.74, 6) is 1.60. The van der Waals surface area contributed by atoms with Crippen molar-refractivity contribution in [1.29, 1.82) is 0 Å². The Balaban J connectivity index is 2.12.